The Morgan fingerprint density at radius 2 is 1.57 bits per heavy atom. The van der Waals surface area contributed by atoms with Crippen molar-refractivity contribution >= 4 is 6.29 Å². The Bertz CT molecular complexity index is 691. The molecule has 2 aromatic rings. The van der Waals surface area contributed by atoms with Crippen molar-refractivity contribution < 1.29 is 14.6 Å². The Morgan fingerprint density at radius 3 is 2.04 bits per heavy atom. The molecular weight excluding hydrogens is 290 g/mol. The predicted molar refractivity (Wildman–Crippen MR) is 91.3 cm³/mol. The van der Waals surface area contributed by atoms with E-state index in [0.29, 0.717) is 17.9 Å². The molecule has 0 heterocycles. The van der Waals surface area contributed by atoms with Gasteiger partial charge in [0.1, 0.15) is 23.5 Å². The molecule has 1 atom stereocenters. The first-order valence-electron chi connectivity index (χ1n) is 7.61. The van der Waals surface area contributed by atoms with Crippen LogP contribution in [0, 0.1) is 27.7 Å². The summed E-state index contributed by atoms with van der Waals surface area (Å²) in [5.41, 5.74) is 10.2. The van der Waals surface area contributed by atoms with Crippen molar-refractivity contribution in [1.82, 2.24) is 0 Å². The van der Waals surface area contributed by atoms with E-state index >= 15 is 0 Å². The van der Waals surface area contributed by atoms with Crippen LogP contribution in [0.1, 0.15) is 27.8 Å². The number of aryl methyl sites for hydroxylation is 4. The minimum Gasteiger partial charge on any atom is -0.507 e. The Kier molecular flexibility index (Phi) is 5.06. The fraction of sp³-hybridized carbons (Fsp3) is 0.316. The molecule has 0 saturated heterocycles. The standard InChI is InChI=1S/C19H23NO3/c1-11-7-17(8-12(2)18(11)22)23-19-13(3)5-15(6-14(19)4)9-16(20)10-21/h5-8,10,16,22H,9,20H2,1-4H3/t16-/m0/s1. The summed E-state index contributed by atoms with van der Waals surface area (Å²) < 4.78 is 6.03. The molecule has 0 bridgehead atoms. The van der Waals surface area contributed by atoms with E-state index in [0.717, 1.165) is 39.9 Å². The predicted octanol–water partition coefficient (Wildman–Crippen LogP) is 3.49. The summed E-state index contributed by atoms with van der Waals surface area (Å²) in [7, 11) is 0. The molecule has 0 radical (unpaired) electrons. The molecule has 122 valence electrons. The Morgan fingerprint density at radius 1 is 1.04 bits per heavy atom. The SMILES string of the molecule is Cc1cc(Oc2c(C)cc(C[C@H](N)C=O)cc2C)cc(C)c1O. The quantitative estimate of drug-likeness (QED) is 0.829. The van der Waals surface area contributed by atoms with Gasteiger partial charge in [0.2, 0.25) is 0 Å². The highest BCUT2D eigenvalue weighted by molar-refractivity contribution is 5.58. The third-order valence-corrected chi connectivity index (χ3v) is 3.85. The largest absolute Gasteiger partial charge is 0.507 e. The number of phenols is 1. The number of aldehydes is 1. The Balaban J connectivity index is 2.32. The zero-order chi connectivity index (χ0) is 17.1. The Labute approximate surface area is 136 Å². The number of carbonyl (C=O) groups excluding carboxylic acids is 1. The number of nitrogens with two attached hydrogens (primary N) is 1. The fourth-order valence-corrected chi connectivity index (χ4v) is 2.73. The molecule has 0 aromatic heterocycles. The van der Waals surface area contributed by atoms with Crippen molar-refractivity contribution in [2.45, 2.75) is 40.2 Å². The van der Waals surface area contributed by atoms with Crippen molar-refractivity contribution in [1.29, 1.82) is 0 Å². The smallest absolute Gasteiger partial charge is 0.137 e. The number of hydrogen-bond acceptors (Lipinski definition) is 4. The van der Waals surface area contributed by atoms with E-state index in [1.807, 2.05) is 52.0 Å². The monoisotopic (exact) mass is 313 g/mol. The fourth-order valence-electron chi connectivity index (χ4n) is 2.73. The van der Waals surface area contributed by atoms with E-state index < -0.39 is 6.04 Å². The number of rotatable bonds is 5. The summed E-state index contributed by atoms with van der Waals surface area (Å²) in [6, 6.07) is 7.13. The second-order valence-electron chi connectivity index (χ2n) is 6.07. The summed E-state index contributed by atoms with van der Waals surface area (Å²) in [6.45, 7) is 7.63. The van der Waals surface area contributed by atoms with Gasteiger partial charge in [0.05, 0.1) is 6.04 Å². The van der Waals surface area contributed by atoms with Gasteiger partial charge in [-0.1, -0.05) is 12.1 Å². The molecule has 2 aromatic carbocycles. The summed E-state index contributed by atoms with van der Waals surface area (Å²) in [5, 5.41) is 9.85. The summed E-state index contributed by atoms with van der Waals surface area (Å²) >= 11 is 0. The van der Waals surface area contributed by atoms with Gasteiger partial charge in [-0.25, -0.2) is 0 Å². The van der Waals surface area contributed by atoms with Gasteiger partial charge in [-0.2, -0.15) is 0 Å². The molecule has 0 spiro atoms. The summed E-state index contributed by atoms with van der Waals surface area (Å²) in [6.07, 6.45) is 1.28. The number of ether oxygens (including phenoxy) is 1. The minimum absolute atomic E-state index is 0.295. The van der Waals surface area contributed by atoms with Gasteiger partial charge < -0.3 is 20.4 Å². The average molecular weight is 313 g/mol. The first-order valence-corrected chi connectivity index (χ1v) is 7.61. The van der Waals surface area contributed by atoms with E-state index in [1.165, 1.54) is 0 Å². The lowest BCUT2D eigenvalue weighted by molar-refractivity contribution is -0.108. The van der Waals surface area contributed by atoms with Gasteiger partial charge in [-0.3, -0.25) is 0 Å². The van der Waals surface area contributed by atoms with Crippen LogP contribution in [-0.4, -0.2) is 17.4 Å². The summed E-state index contributed by atoms with van der Waals surface area (Å²) in [5.74, 6) is 1.78. The van der Waals surface area contributed by atoms with E-state index in [2.05, 4.69) is 0 Å². The number of phenolic OH excluding ortho intramolecular Hbond substituents is 1. The molecule has 2 rings (SSSR count). The van der Waals surface area contributed by atoms with Gasteiger partial charge >= 0.3 is 0 Å². The van der Waals surface area contributed by atoms with Crippen LogP contribution < -0.4 is 10.5 Å². The molecule has 0 fully saturated rings. The molecule has 0 aliphatic carbocycles. The van der Waals surface area contributed by atoms with Crippen molar-refractivity contribution in [3.05, 3.63) is 52.1 Å². The van der Waals surface area contributed by atoms with Gasteiger partial charge in [-0.15, -0.1) is 0 Å². The van der Waals surface area contributed by atoms with Crippen LogP contribution in [0.2, 0.25) is 0 Å². The molecule has 0 unspecified atom stereocenters. The maximum Gasteiger partial charge on any atom is 0.137 e. The zero-order valence-electron chi connectivity index (χ0n) is 14.0. The van der Waals surface area contributed by atoms with Crippen molar-refractivity contribution in [3.63, 3.8) is 0 Å². The number of carbonyl (C=O) groups is 1. The van der Waals surface area contributed by atoms with Crippen LogP contribution in [0.3, 0.4) is 0 Å². The lowest BCUT2D eigenvalue weighted by Gasteiger charge is -2.16. The topological polar surface area (TPSA) is 72.5 Å². The van der Waals surface area contributed by atoms with Gasteiger partial charge in [0.15, 0.2) is 0 Å². The molecule has 0 aliphatic heterocycles. The molecule has 4 heteroatoms. The third-order valence-electron chi connectivity index (χ3n) is 3.85. The van der Waals surface area contributed by atoms with Crippen molar-refractivity contribution in [2.75, 3.05) is 0 Å². The molecule has 0 saturated carbocycles. The lowest BCUT2D eigenvalue weighted by atomic mass is 10.0. The maximum atomic E-state index is 10.7. The minimum atomic E-state index is -0.483. The van der Waals surface area contributed by atoms with Crippen LogP contribution in [0.4, 0.5) is 0 Å². The molecule has 23 heavy (non-hydrogen) atoms. The summed E-state index contributed by atoms with van der Waals surface area (Å²) in [4.78, 5) is 10.7. The van der Waals surface area contributed by atoms with Crippen LogP contribution >= 0.6 is 0 Å². The van der Waals surface area contributed by atoms with E-state index in [1.54, 1.807) is 0 Å². The maximum absolute atomic E-state index is 10.7. The lowest BCUT2D eigenvalue weighted by Crippen LogP contribution is -2.24. The molecular formula is C19H23NO3. The van der Waals surface area contributed by atoms with Gasteiger partial charge in [0, 0.05) is 0 Å². The second-order valence-corrected chi connectivity index (χ2v) is 6.07. The molecule has 4 nitrogen and oxygen atoms in total. The third kappa shape index (κ3) is 3.90. The Hall–Kier alpha value is -2.33. The zero-order valence-corrected chi connectivity index (χ0v) is 14.0. The van der Waals surface area contributed by atoms with E-state index in [4.69, 9.17) is 10.5 Å². The van der Waals surface area contributed by atoms with Crippen molar-refractivity contribution in [2.24, 2.45) is 5.73 Å². The number of hydrogen-bond donors (Lipinski definition) is 2. The van der Waals surface area contributed by atoms with Crippen LogP contribution in [-0.2, 0) is 11.2 Å². The second kappa shape index (κ2) is 6.84. The van der Waals surface area contributed by atoms with Crippen molar-refractivity contribution in [3.8, 4) is 17.2 Å². The van der Waals surface area contributed by atoms with E-state index in [-0.39, 0.29) is 0 Å². The highest BCUT2D eigenvalue weighted by Crippen LogP contribution is 2.33. The number of benzene rings is 2. The highest BCUT2D eigenvalue weighted by Gasteiger charge is 2.11. The van der Waals surface area contributed by atoms with Crippen LogP contribution in [0.5, 0.6) is 17.2 Å². The molecule has 0 amide bonds. The van der Waals surface area contributed by atoms with Crippen LogP contribution in [0.25, 0.3) is 0 Å². The molecule has 3 N–H and O–H groups in total. The molecule has 0 aliphatic rings. The highest BCUT2D eigenvalue weighted by atomic mass is 16.5. The number of aromatic hydroxyl groups is 1. The average Bonchev–Trinajstić information content (AvgIpc) is 2.48. The van der Waals surface area contributed by atoms with E-state index in [9.17, 15) is 9.90 Å². The normalized spacial score (nSPS) is 12.0. The van der Waals surface area contributed by atoms with Crippen LogP contribution in [0.15, 0.2) is 24.3 Å². The van der Waals surface area contributed by atoms with Gasteiger partial charge in [-0.05, 0) is 74.1 Å². The first-order chi connectivity index (χ1) is 10.8. The van der Waals surface area contributed by atoms with Gasteiger partial charge in [0.25, 0.3) is 0 Å². The first kappa shape index (κ1) is 17.0.